The molecule has 5 heteroatoms. The van der Waals surface area contributed by atoms with E-state index >= 15 is 0 Å². The van der Waals surface area contributed by atoms with E-state index in [-0.39, 0.29) is 11.3 Å². The fraction of sp³-hybridized carbons (Fsp3) is 0.833. The lowest BCUT2D eigenvalue weighted by molar-refractivity contribution is -0.120. The normalized spacial score (nSPS) is 10.9. The highest BCUT2D eigenvalue weighted by Crippen LogP contribution is 2.19. The Hall–Kier alpha value is -1.12. The summed E-state index contributed by atoms with van der Waals surface area (Å²) in [5, 5.41) is 14.6. The molecule has 0 fully saturated rings. The van der Waals surface area contributed by atoms with Gasteiger partial charge in [-0.2, -0.15) is 5.26 Å². The van der Waals surface area contributed by atoms with Crippen molar-refractivity contribution in [2.75, 3.05) is 33.4 Å². The quantitative estimate of drug-likeness (QED) is 0.582. The molecule has 0 unspecified atom stereocenters. The van der Waals surface area contributed by atoms with Crippen molar-refractivity contribution in [2.24, 2.45) is 5.41 Å². The van der Waals surface area contributed by atoms with Crippen molar-refractivity contribution in [3.63, 3.8) is 0 Å². The van der Waals surface area contributed by atoms with E-state index in [4.69, 9.17) is 10.00 Å². The van der Waals surface area contributed by atoms with Gasteiger partial charge in [-0.3, -0.25) is 4.79 Å². The van der Waals surface area contributed by atoms with Crippen LogP contribution < -0.4 is 10.6 Å². The summed E-state index contributed by atoms with van der Waals surface area (Å²) < 4.78 is 4.82. The van der Waals surface area contributed by atoms with Gasteiger partial charge in [-0.1, -0.05) is 0 Å². The molecule has 0 atom stereocenters. The molecular formula is C12H23N3O2. The molecule has 0 radical (unpaired) electrons. The van der Waals surface area contributed by atoms with Crippen LogP contribution in [0.15, 0.2) is 0 Å². The van der Waals surface area contributed by atoms with Crippen LogP contribution in [0.5, 0.6) is 0 Å². The Labute approximate surface area is 104 Å². The molecule has 0 aliphatic rings. The van der Waals surface area contributed by atoms with Crippen molar-refractivity contribution in [3.05, 3.63) is 0 Å². The molecule has 0 aliphatic carbocycles. The monoisotopic (exact) mass is 241 g/mol. The summed E-state index contributed by atoms with van der Waals surface area (Å²) in [6.45, 7) is 5.98. The number of nitrogens with one attached hydrogen (secondary N) is 2. The molecule has 0 aromatic carbocycles. The maximum atomic E-state index is 11.3. The van der Waals surface area contributed by atoms with Crippen molar-refractivity contribution >= 4 is 5.91 Å². The molecule has 0 spiro atoms. The molecular weight excluding hydrogens is 218 g/mol. The molecule has 0 saturated carbocycles. The number of nitrogens with zero attached hydrogens (tertiary/aromatic N) is 1. The van der Waals surface area contributed by atoms with Gasteiger partial charge in [0.25, 0.3) is 0 Å². The van der Waals surface area contributed by atoms with Gasteiger partial charge in [0.15, 0.2) is 0 Å². The molecule has 0 rings (SSSR count). The van der Waals surface area contributed by atoms with Crippen LogP contribution in [0.4, 0.5) is 0 Å². The summed E-state index contributed by atoms with van der Waals surface area (Å²) in [5.74, 6) is -0.0263. The summed E-state index contributed by atoms with van der Waals surface area (Å²) in [6, 6.07) is 2.25. The van der Waals surface area contributed by atoms with Gasteiger partial charge in [0.1, 0.15) is 0 Å². The highest BCUT2D eigenvalue weighted by atomic mass is 16.5. The zero-order valence-corrected chi connectivity index (χ0v) is 11.0. The first-order valence-corrected chi connectivity index (χ1v) is 5.89. The zero-order chi connectivity index (χ0) is 13.1. The van der Waals surface area contributed by atoms with E-state index in [9.17, 15) is 4.79 Å². The molecule has 98 valence electrons. The van der Waals surface area contributed by atoms with Crippen LogP contribution in [-0.2, 0) is 9.53 Å². The van der Waals surface area contributed by atoms with E-state index in [1.165, 1.54) is 0 Å². The lowest BCUT2D eigenvalue weighted by Gasteiger charge is -2.14. The summed E-state index contributed by atoms with van der Waals surface area (Å²) in [7, 11) is 1.60. The number of hydrogen-bond donors (Lipinski definition) is 2. The molecule has 5 nitrogen and oxygen atoms in total. The number of amides is 1. The van der Waals surface area contributed by atoms with Crippen molar-refractivity contribution in [1.29, 1.82) is 5.26 Å². The molecule has 17 heavy (non-hydrogen) atoms. The SMILES string of the molecule is COCCNC(=O)CNCCCC(C)(C)C#N. The van der Waals surface area contributed by atoms with Gasteiger partial charge in [0, 0.05) is 13.7 Å². The molecule has 1 amide bonds. The summed E-state index contributed by atoms with van der Waals surface area (Å²) >= 11 is 0. The van der Waals surface area contributed by atoms with Crippen LogP contribution in [0.2, 0.25) is 0 Å². The minimum atomic E-state index is -0.275. The minimum Gasteiger partial charge on any atom is -0.383 e. The smallest absolute Gasteiger partial charge is 0.234 e. The number of rotatable bonds is 9. The van der Waals surface area contributed by atoms with Gasteiger partial charge >= 0.3 is 0 Å². The van der Waals surface area contributed by atoms with Crippen LogP contribution in [0.25, 0.3) is 0 Å². The largest absolute Gasteiger partial charge is 0.383 e. The summed E-state index contributed by atoms with van der Waals surface area (Å²) in [5.41, 5.74) is -0.275. The second kappa shape index (κ2) is 8.97. The predicted molar refractivity (Wildman–Crippen MR) is 66.4 cm³/mol. The highest BCUT2D eigenvalue weighted by Gasteiger charge is 2.15. The first kappa shape index (κ1) is 15.9. The van der Waals surface area contributed by atoms with Gasteiger partial charge in [-0.05, 0) is 33.2 Å². The molecule has 2 N–H and O–H groups in total. The third-order valence-corrected chi connectivity index (χ3v) is 2.37. The van der Waals surface area contributed by atoms with E-state index in [0.717, 1.165) is 19.4 Å². The number of hydrogen-bond acceptors (Lipinski definition) is 4. The first-order valence-electron chi connectivity index (χ1n) is 5.89. The number of ether oxygens (including phenoxy) is 1. The van der Waals surface area contributed by atoms with Crippen molar-refractivity contribution in [3.8, 4) is 6.07 Å². The van der Waals surface area contributed by atoms with Gasteiger partial charge in [-0.25, -0.2) is 0 Å². The second-order valence-corrected chi connectivity index (χ2v) is 4.62. The zero-order valence-electron chi connectivity index (χ0n) is 11.0. The fourth-order valence-corrected chi connectivity index (χ4v) is 1.27. The Morgan fingerprint density at radius 2 is 2.12 bits per heavy atom. The van der Waals surface area contributed by atoms with Crippen LogP contribution in [0.1, 0.15) is 26.7 Å². The summed E-state index contributed by atoms with van der Waals surface area (Å²) in [4.78, 5) is 11.3. The van der Waals surface area contributed by atoms with Crippen LogP contribution in [0.3, 0.4) is 0 Å². The lowest BCUT2D eigenvalue weighted by atomic mass is 9.90. The Bertz CT molecular complexity index is 259. The Balaban J connectivity index is 3.40. The van der Waals surface area contributed by atoms with Gasteiger partial charge in [-0.15, -0.1) is 0 Å². The van der Waals surface area contributed by atoms with E-state index in [2.05, 4.69) is 16.7 Å². The van der Waals surface area contributed by atoms with Crippen molar-refractivity contribution < 1.29 is 9.53 Å². The predicted octanol–water partition coefficient (Wildman–Crippen LogP) is 0.669. The summed E-state index contributed by atoms with van der Waals surface area (Å²) in [6.07, 6.45) is 1.73. The molecule has 0 aromatic heterocycles. The molecule has 0 aliphatic heterocycles. The van der Waals surface area contributed by atoms with Crippen LogP contribution in [-0.4, -0.2) is 39.3 Å². The van der Waals surface area contributed by atoms with E-state index in [0.29, 0.717) is 19.7 Å². The average Bonchev–Trinajstić information content (AvgIpc) is 2.29. The lowest BCUT2D eigenvalue weighted by Crippen LogP contribution is -2.36. The van der Waals surface area contributed by atoms with E-state index < -0.39 is 0 Å². The molecule has 0 bridgehead atoms. The number of carbonyl (C=O) groups is 1. The number of methoxy groups -OCH3 is 1. The van der Waals surface area contributed by atoms with Gasteiger partial charge < -0.3 is 15.4 Å². The second-order valence-electron chi connectivity index (χ2n) is 4.62. The van der Waals surface area contributed by atoms with Crippen LogP contribution >= 0.6 is 0 Å². The number of nitriles is 1. The minimum absolute atomic E-state index is 0.0263. The first-order chi connectivity index (χ1) is 8.02. The molecule has 0 heterocycles. The van der Waals surface area contributed by atoms with Crippen molar-refractivity contribution in [2.45, 2.75) is 26.7 Å². The van der Waals surface area contributed by atoms with E-state index in [1.54, 1.807) is 7.11 Å². The van der Waals surface area contributed by atoms with Crippen molar-refractivity contribution in [1.82, 2.24) is 10.6 Å². The van der Waals surface area contributed by atoms with Gasteiger partial charge in [0.05, 0.1) is 24.6 Å². The maximum absolute atomic E-state index is 11.3. The maximum Gasteiger partial charge on any atom is 0.234 e. The average molecular weight is 241 g/mol. The molecule has 0 aromatic rings. The van der Waals surface area contributed by atoms with E-state index in [1.807, 2.05) is 13.8 Å². The molecule has 0 saturated heterocycles. The third kappa shape index (κ3) is 9.79. The standard InChI is InChI=1S/C12H23N3O2/c1-12(2,10-13)5-4-6-14-9-11(16)15-7-8-17-3/h14H,4-9H2,1-3H3,(H,15,16). The highest BCUT2D eigenvalue weighted by molar-refractivity contribution is 5.77. The fourth-order valence-electron chi connectivity index (χ4n) is 1.27. The van der Waals surface area contributed by atoms with Crippen LogP contribution in [0, 0.1) is 16.7 Å². The Kier molecular flexibility index (Phi) is 8.38. The number of carbonyl (C=O) groups excluding carboxylic acids is 1. The topological polar surface area (TPSA) is 74.2 Å². The third-order valence-electron chi connectivity index (χ3n) is 2.37. The Morgan fingerprint density at radius 1 is 1.41 bits per heavy atom. The van der Waals surface area contributed by atoms with Gasteiger partial charge in [0.2, 0.25) is 5.91 Å². The Morgan fingerprint density at radius 3 is 2.71 bits per heavy atom.